The van der Waals surface area contributed by atoms with Crippen molar-refractivity contribution in [3.63, 3.8) is 0 Å². The lowest BCUT2D eigenvalue weighted by Crippen LogP contribution is -2.38. The molecule has 0 aliphatic carbocycles. The highest BCUT2D eigenvalue weighted by molar-refractivity contribution is 7.07. The number of piperidine rings is 1. The van der Waals surface area contributed by atoms with E-state index in [-0.39, 0.29) is 5.91 Å². The number of nitrogens with zero attached hydrogens (tertiary/aromatic N) is 3. The second kappa shape index (κ2) is 8.21. The number of likely N-dealkylation sites (tertiary alicyclic amines) is 1. The predicted molar refractivity (Wildman–Crippen MR) is 93.2 cm³/mol. The Morgan fingerprint density at radius 1 is 1.33 bits per heavy atom. The molecule has 0 saturated carbocycles. The summed E-state index contributed by atoms with van der Waals surface area (Å²) in [5, 5.41) is 6.68. The summed E-state index contributed by atoms with van der Waals surface area (Å²) in [6, 6.07) is 8.25. The minimum absolute atomic E-state index is 0.0642. The zero-order valence-electron chi connectivity index (χ0n) is 13.8. The van der Waals surface area contributed by atoms with E-state index in [2.05, 4.69) is 31.9 Å². The van der Waals surface area contributed by atoms with Crippen LogP contribution in [0.3, 0.4) is 0 Å². The van der Waals surface area contributed by atoms with Crippen LogP contribution in [-0.2, 0) is 6.54 Å². The Balaban J connectivity index is 1.39. The SMILES string of the molecule is COc1ccc(CN2CCC(CNC(=O)c3cnns3)CC2)cc1. The molecule has 0 radical (unpaired) electrons. The van der Waals surface area contributed by atoms with Crippen LogP contribution in [0.5, 0.6) is 5.75 Å². The molecule has 1 aromatic heterocycles. The van der Waals surface area contributed by atoms with Gasteiger partial charge in [0.25, 0.3) is 5.91 Å². The van der Waals surface area contributed by atoms with E-state index < -0.39 is 0 Å². The van der Waals surface area contributed by atoms with Crippen LogP contribution >= 0.6 is 11.5 Å². The standard InChI is InChI=1S/C17H22N4O2S/c1-23-15-4-2-14(3-5-15)12-21-8-6-13(7-9-21)10-18-17(22)16-11-19-20-24-16/h2-5,11,13H,6-10,12H2,1H3,(H,18,22). The Bertz CT molecular complexity index is 637. The number of ether oxygens (including phenoxy) is 1. The van der Waals surface area contributed by atoms with Gasteiger partial charge in [-0.3, -0.25) is 9.69 Å². The van der Waals surface area contributed by atoms with Gasteiger partial charge < -0.3 is 10.1 Å². The summed E-state index contributed by atoms with van der Waals surface area (Å²) in [7, 11) is 1.68. The maximum Gasteiger partial charge on any atom is 0.264 e. The molecule has 1 N–H and O–H groups in total. The maximum atomic E-state index is 11.9. The third-order valence-corrected chi connectivity index (χ3v) is 5.07. The van der Waals surface area contributed by atoms with Crippen molar-refractivity contribution in [2.45, 2.75) is 19.4 Å². The Labute approximate surface area is 146 Å². The molecule has 0 bridgehead atoms. The summed E-state index contributed by atoms with van der Waals surface area (Å²) in [5.74, 6) is 1.37. The molecule has 0 spiro atoms. The summed E-state index contributed by atoms with van der Waals surface area (Å²) in [4.78, 5) is 14.9. The van der Waals surface area contributed by atoms with E-state index in [0.717, 1.165) is 56.3 Å². The third-order valence-electron chi connectivity index (χ3n) is 4.41. The first kappa shape index (κ1) is 16.9. The van der Waals surface area contributed by atoms with E-state index in [1.807, 2.05) is 12.1 Å². The van der Waals surface area contributed by atoms with Crippen molar-refractivity contribution >= 4 is 17.4 Å². The quantitative estimate of drug-likeness (QED) is 0.868. The van der Waals surface area contributed by atoms with Crippen LogP contribution in [0.1, 0.15) is 28.1 Å². The van der Waals surface area contributed by atoms with E-state index in [1.54, 1.807) is 7.11 Å². The van der Waals surface area contributed by atoms with Crippen molar-refractivity contribution in [2.24, 2.45) is 5.92 Å². The zero-order chi connectivity index (χ0) is 16.8. The van der Waals surface area contributed by atoms with E-state index in [9.17, 15) is 4.79 Å². The number of nitrogens with one attached hydrogen (secondary N) is 1. The average molecular weight is 346 g/mol. The van der Waals surface area contributed by atoms with Gasteiger partial charge in [-0.25, -0.2) is 0 Å². The molecule has 1 aliphatic heterocycles. The van der Waals surface area contributed by atoms with Gasteiger partial charge in [0.05, 0.1) is 13.3 Å². The Kier molecular flexibility index (Phi) is 5.77. The smallest absolute Gasteiger partial charge is 0.264 e. The summed E-state index contributed by atoms with van der Waals surface area (Å²) in [5.41, 5.74) is 1.31. The van der Waals surface area contributed by atoms with Crippen LogP contribution in [0.4, 0.5) is 0 Å². The van der Waals surface area contributed by atoms with Gasteiger partial charge in [-0.2, -0.15) is 0 Å². The van der Waals surface area contributed by atoms with Crippen LogP contribution in [0, 0.1) is 5.92 Å². The summed E-state index contributed by atoms with van der Waals surface area (Å²) < 4.78 is 8.91. The Morgan fingerprint density at radius 2 is 2.08 bits per heavy atom. The van der Waals surface area contributed by atoms with Crippen molar-refractivity contribution < 1.29 is 9.53 Å². The fraction of sp³-hybridized carbons (Fsp3) is 0.471. The fourth-order valence-corrected chi connectivity index (χ4v) is 3.36. The number of methoxy groups -OCH3 is 1. The molecule has 128 valence electrons. The molecule has 1 saturated heterocycles. The average Bonchev–Trinajstić information content (AvgIpc) is 3.16. The molecule has 1 aliphatic rings. The van der Waals surface area contributed by atoms with Gasteiger partial charge in [-0.1, -0.05) is 16.6 Å². The molecule has 0 unspecified atom stereocenters. The van der Waals surface area contributed by atoms with Crippen molar-refractivity contribution in [3.05, 3.63) is 40.9 Å². The lowest BCUT2D eigenvalue weighted by Gasteiger charge is -2.32. The minimum atomic E-state index is -0.0642. The Morgan fingerprint density at radius 3 is 2.71 bits per heavy atom. The maximum absolute atomic E-state index is 11.9. The van der Waals surface area contributed by atoms with E-state index in [1.165, 1.54) is 11.8 Å². The highest BCUT2D eigenvalue weighted by Gasteiger charge is 2.20. The van der Waals surface area contributed by atoms with Crippen molar-refractivity contribution in [1.82, 2.24) is 19.8 Å². The van der Waals surface area contributed by atoms with Gasteiger partial charge in [-0.15, -0.1) is 5.10 Å². The van der Waals surface area contributed by atoms with Crippen LogP contribution in [0.2, 0.25) is 0 Å². The van der Waals surface area contributed by atoms with Crippen molar-refractivity contribution in [1.29, 1.82) is 0 Å². The first-order chi connectivity index (χ1) is 11.7. The first-order valence-corrected chi connectivity index (χ1v) is 8.93. The summed E-state index contributed by atoms with van der Waals surface area (Å²) in [6.45, 7) is 3.83. The second-order valence-corrected chi connectivity index (χ2v) is 6.85. The molecule has 7 heteroatoms. The molecule has 0 atom stereocenters. The van der Waals surface area contributed by atoms with E-state index in [0.29, 0.717) is 10.8 Å². The number of hydrogen-bond donors (Lipinski definition) is 1. The lowest BCUT2D eigenvalue weighted by atomic mass is 9.96. The number of aromatic nitrogens is 2. The second-order valence-electron chi connectivity index (χ2n) is 6.06. The molecule has 2 heterocycles. The monoisotopic (exact) mass is 346 g/mol. The van der Waals surface area contributed by atoms with Crippen LogP contribution in [-0.4, -0.2) is 47.1 Å². The van der Waals surface area contributed by atoms with Crippen molar-refractivity contribution in [2.75, 3.05) is 26.7 Å². The van der Waals surface area contributed by atoms with Gasteiger partial charge in [0.1, 0.15) is 10.6 Å². The van der Waals surface area contributed by atoms with Crippen LogP contribution in [0.25, 0.3) is 0 Å². The number of hydrogen-bond acceptors (Lipinski definition) is 6. The molecule has 1 aromatic carbocycles. The number of carbonyl (C=O) groups excluding carboxylic acids is 1. The van der Waals surface area contributed by atoms with Gasteiger partial charge in [0.2, 0.25) is 0 Å². The molecular weight excluding hydrogens is 324 g/mol. The minimum Gasteiger partial charge on any atom is -0.497 e. The fourth-order valence-electron chi connectivity index (χ4n) is 2.93. The number of benzene rings is 1. The lowest BCUT2D eigenvalue weighted by molar-refractivity contribution is 0.0939. The normalized spacial score (nSPS) is 16.0. The number of carbonyl (C=O) groups is 1. The van der Waals surface area contributed by atoms with Gasteiger partial charge in [0.15, 0.2) is 0 Å². The molecular formula is C17H22N4O2S. The van der Waals surface area contributed by atoms with Crippen LogP contribution in [0.15, 0.2) is 30.5 Å². The highest BCUT2D eigenvalue weighted by atomic mass is 32.1. The highest BCUT2D eigenvalue weighted by Crippen LogP contribution is 2.20. The van der Waals surface area contributed by atoms with Gasteiger partial charge in [0, 0.05) is 13.1 Å². The molecule has 6 nitrogen and oxygen atoms in total. The molecule has 2 aromatic rings. The summed E-state index contributed by atoms with van der Waals surface area (Å²) >= 11 is 1.13. The van der Waals surface area contributed by atoms with E-state index in [4.69, 9.17) is 4.74 Å². The molecule has 24 heavy (non-hydrogen) atoms. The number of rotatable bonds is 6. The van der Waals surface area contributed by atoms with Crippen LogP contribution < -0.4 is 10.1 Å². The van der Waals surface area contributed by atoms with Crippen molar-refractivity contribution in [3.8, 4) is 5.75 Å². The topological polar surface area (TPSA) is 67.3 Å². The zero-order valence-corrected chi connectivity index (χ0v) is 14.6. The largest absolute Gasteiger partial charge is 0.497 e. The van der Waals surface area contributed by atoms with Gasteiger partial charge in [-0.05, 0) is 61.1 Å². The van der Waals surface area contributed by atoms with Gasteiger partial charge >= 0.3 is 0 Å². The molecule has 1 fully saturated rings. The summed E-state index contributed by atoms with van der Waals surface area (Å²) in [6.07, 6.45) is 3.73. The first-order valence-electron chi connectivity index (χ1n) is 8.15. The third kappa shape index (κ3) is 4.52. The Hall–Kier alpha value is -1.99. The van der Waals surface area contributed by atoms with E-state index >= 15 is 0 Å². The predicted octanol–water partition coefficient (Wildman–Crippen LogP) is 2.19. The molecule has 3 rings (SSSR count). The number of amides is 1. The molecule has 1 amide bonds.